The van der Waals surface area contributed by atoms with Crippen molar-refractivity contribution in [1.29, 1.82) is 0 Å². The van der Waals surface area contributed by atoms with Crippen molar-refractivity contribution >= 4 is 23.3 Å². The Balaban J connectivity index is 2.49. The molecular weight excluding hydrogens is 266 g/mol. The van der Waals surface area contributed by atoms with Gasteiger partial charge in [0.15, 0.2) is 5.78 Å². The second kappa shape index (κ2) is 3.87. The molecule has 2 rings (SSSR count). The quantitative estimate of drug-likeness (QED) is 0.421. The second-order valence-corrected chi connectivity index (χ2v) is 4.51. The zero-order valence-corrected chi connectivity index (χ0v) is 9.52. The van der Waals surface area contributed by atoms with E-state index in [1.807, 2.05) is 0 Å². The standard InChI is InChI=1S/C10H10F2N2O5/c11-9(5(15)1-3(13)7(9)17)10(12)6(16)2-4(14)8(18)19-10/h3-4H,1-2,13-14H2. The molecule has 7 nitrogen and oxygen atoms in total. The molecule has 2 fully saturated rings. The number of ketones is 3. The summed E-state index contributed by atoms with van der Waals surface area (Å²) in [6, 6.07) is -3.03. The molecule has 4 unspecified atom stereocenters. The number of carbonyl (C=O) groups is 4. The molecule has 0 aromatic carbocycles. The van der Waals surface area contributed by atoms with Gasteiger partial charge in [-0.3, -0.25) is 19.2 Å². The maximum absolute atomic E-state index is 14.5. The molecule has 19 heavy (non-hydrogen) atoms. The van der Waals surface area contributed by atoms with E-state index >= 15 is 0 Å². The summed E-state index contributed by atoms with van der Waals surface area (Å²) in [6.07, 6.45) is -1.63. The van der Waals surface area contributed by atoms with Crippen LogP contribution in [0.5, 0.6) is 0 Å². The van der Waals surface area contributed by atoms with Gasteiger partial charge >= 0.3 is 17.5 Å². The van der Waals surface area contributed by atoms with Crippen molar-refractivity contribution in [2.75, 3.05) is 0 Å². The summed E-state index contributed by atoms with van der Waals surface area (Å²) in [7, 11) is 0. The van der Waals surface area contributed by atoms with Crippen LogP contribution in [0.1, 0.15) is 12.8 Å². The van der Waals surface area contributed by atoms with E-state index in [2.05, 4.69) is 4.74 Å². The van der Waals surface area contributed by atoms with Crippen molar-refractivity contribution in [3.8, 4) is 0 Å². The van der Waals surface area contributed by atoms with Gasteiger partial charge in [-0.1, -0.05) is 0 Å². The zero-order valence-electron chi connectivity index (χ0n) is 9.52. The van der Waals surface area contributed by atoms with Gasteiger partial charge in [-0.15, -0.1) is 0 Å². The molecule has 2 aliphatic rings. The average molecular weight is 276 g/mol. The summed E-state index contributed by atoms with van der Waals surface area (Å²) in [6.45, 7) is 0. The summed E-state index contributed by atoms with van der Waals surface area (Å²) in [5.74, 6) is -10.1. The van der Waals surface area contributed by atoms with Gasteiger partial charge < -0.3 is 16.2 Å². The van der Waals surface area contributed by atoms with Crippen LogP contribution in [0.25, 0.3) is 0 Å². The smallest absolute Gasteiger partial charge is 0.357 e. The van der Waals surface area contributed by atoms with E-state index in [1.165, 1.54) is 0 Å². The van der Waals surface area contributed by atoms with E-state index in [-0.39, 0.29) is 0 Å². The first-order valence-electron chi connectivity index (χ1n) is 5.37. The lowest BCUT2D eigenvalue weighted by molar-refractivity contribution is -0.225. The van der Waals surface area contributed by atoms with Crippen LogP contribution < -0.4 is 11.5 Å². The normalized spacial score (nSPS) is 43.6. The van der Waals surface area contributed by atoms with Gasteiger partial charge in [-0.25, -0.2) is 4.39 Å². The average Bonchev–Trinajstić information content (AvgIpc) is 2.52. The predicted octanol–water partition coefficient (Wildman–Crippen LogP) is -1.93. The highest BCUT2D eigenvalue weighted by atomic mass is 19.2. The van der Waals surface area contributed by atoms with Gasteiger partial charge in [0.25, 0.3) is 0 Å². The van der Waals surface area contributed by atoms with E-state index < -0.39 is 59.8 Å². The molecule has 0 amide bonds. The number of hydrogen-bond donors (Lipinski definition) is 2. The van der Waals surface area contributed by atoms with Gasteiger partial charge in [0.2, 0.25) is 11.6 Å². The third-order valence-corrected chi connectivity index (χ3v) is 3.22. The molecule has 1 saturated carbocycles. The SMILES string of the molecule is NC1CC(=O)C(F)(C2(F)C(=O)CC(N)C2=O)OC1=O. The molecular formula is C10H10F2N2O5. The Morgan fingerprint density at radius 3 is 2.00 bits per heavy atom. The third-order valence-electron chi connectivity index (χ3n) is 3.22. The Bertz CT molecular complexity index is 510. The van der Waals surface area contributed by atoms with E-state index in [9.17, 15) is 28.0 Å². The van der Waals surface area contributed by atoms with Crippen LogP contribution in [-0.4, -0.2) is 46.9 Å². The van der Waals surface area contributed by atoms with Gasteiger partial charge in [0.1, 0.15) is 6.04 Å². The van der Waals surface area contributed by atoms with Crippen molar-refractivity contribution in [2.45, 2.75) is 36.4 Å². The molecule has 9 heteroatoms. The highest BCUT2D eigenvalue weighted by Gasteiger charge is 2.75. The highest BCUT2D eigenvalue weighted by molar-refractivity contribution is 6.23. The number of Topliss-reactive ketones (excluding diaryl/α,β-unsaturated/α-hetero) is 3. The molecule has 1 aliphatic carbocycles. The van der Waals surface area contributed by atoms with Crippen LogP contribution in [0.2, 0.25) is 0 Å². The lowest BCUT2D eigenvalue weighted by Gasteiger charge is -2.36. The van der Waals surface area contributed by atoms with Crippen LogP contribution in [0.3, 0.4) is 0 Å². The summed E-state index contributed by atoms with van der Waals surface area (Å²) < 4.78 is 32.9. The van der Waals surface area contributed by atoms with Gasteiger partial charge in [-0.05, 0) is 0 Å². The summed E-state index contributed by atoms with van der Waals surface area (Å²) in [4.78, 5) is 45.7. The minimum absolute atomic E-state index is 0.766. The number of nitrogens with two attached hydrogens (primary N) is 2. The van der Waals surface area contributed by atoms with Crippen LogP contribution in [0.15, 0.2) is 0 Å². The Morgan fingerprint density at radius 2 is 1.53 bits per heavy atom. The summed E-state index contributed by atoms with van der Waals surface area (Å²) >= 11 is 0. The molecule has 4 atom stereocenters. The van der Waals surface area contributed by atoms with Crippen LogP contribution >= 0.6 is 0 Å². The highest BCUT2D eigenvalue weighted by Crippen LogP contribution is 2.43. The van der Waals surface area contributed by atoms with Crippen molar-refractivity contribution < 1.29 is 32.7 Å². The fourth-order valence-corrected chi connectivity index (χ4v) is 2.11. The van der Waals surface area contributed by atoms with Crippen LogP contribution in [0, 0.1) is 0 Å². The molecule has 0 bridgehead atoms. The Labute approximate surface area is 105 Å². The van der Waals surface area contributed by atoms with Crippen molar-refractivity contribution in [1.82, 2.24) is 0 Å². The van der Waals surface area contributed by atoms with Gasteiger partial charge in [0.05, 0.1) is 6.04 Å². The minimum Gasteiger partial charge on any atom is -0.416 e. The zero-order chi connectivity index (χ0) is 14.6. The molecule has 1 saturated heterocycles. The number of carbonyl (C=O) groups excluding carboxylic acids is 4. The number of rotatable bonds is 1. The molecule has 0 radical (unpaired) electrons. The van der Waals surface area contributed by atoms with E-state index in [4.69, 9.17) is 11.5 Å². The lowest BCUT2D eigenvalue weighted by atomic mass is 9.85. The first kappa shape index (κ1) is 13.7. The third kappa shape index (κ3) is 1.55. The maximum Gasteiger partial charge on any atom is 0.357 e. The van der Waals surface area contributed by atoms with E-state index in [0.29, 0.717) is 0 Å². The van der Waals surface area contributed by atoms with Crippen LogP contribution in [-0.2, 0) is 23.9 Å². The number of hydrogen-bond acceptors (Lipinski definition) is 7. The molecule has 1 heterocycles. The van der Waals surface area contributed by atoms with Crippen molar-refractivity contribution in [3.63, 3.8) is 0 Å². The van der Waals surface area contributed by atoms with Crippen molar-refractivity contribution in [2.24, 2.45) is 11.5 Å². The first-order valence-corrected chi connectivity index (χ1v) is 5.37. The molecule has 0 aromatic heterocycles. The maximum atomic E-state index is 14.5. The molecule has 0 aromatic rings. The van der Waals surface area contributed by atoms with Gasteiger partial charge in [-0.2, -0.15) is 4.39 Å². The van der Waals surface area contributed by atoms with Crippen LogP contribution in [0.4, 0.5) is 8.78 Å². The monoisotopic (exact) mass is 276 g/mol. The number of ether oxygens (including phenoxy) is 1. The number of halogens is 2. The van der Waals surface area contributed by atoms with Gasteiger partial charge in [0, 0.05) is 12.8 Å². The molecule has 1 aliphatic heterocycles. The lowest BCUT2D eigenvalue weighted by Crippen LogP contribution is -2.67. The summed E-state index contributed by atoms with van der Waals surface area (Å²) in [5.41, 5.74) is 6.42. The topological polar surface area (TPSA) is 130 Å². The largest absolute Gasteiger partial charge is 0.416 e. The Hall–Kier alpha value is -1.74. The Kier molecular flexibility index (Phi) is 2.79. The fourth-order valence-electron chi connectivity index (χ4n) is 2.11. The number of esters is 1. The minimum atomic E-state index is -3.98. The fraction of sp³-hybridized carbons (Fsp3) is 0.600. The summed E-state index contributed by atoms with van der Waals surface area (Å²) in [5, 5.41) is 0. The Morgan fingerprint density at radius 1 is 1.00 bits per heavy atom. The van der Waals surface area contributed by atoms with Crippen molar-refractivity contribution in [3.05, 3.63) is 0 Å². The molecule has 104 valence electrons. The van der Waals surface area contributed by atoms with E-state index in [0.717, 1.165) is 0 Å². The van der Waals surface area contributed by atoms with E-state index in [1.54, 1.807) is 0 Å². The molecule has 4 N–H and O–H groups in total. The first-order chi connectivity index (χ1) is 8.64. The predicted molar refractivity (Wildman–Crippen MR) is 54.0 cm³/mol. The second-order valence-electron chi connectivity index (χ2n) is 4.51. The molecule has 0 spiro atoms. The number of alkyl halides is 2. The number of cyclic esters (lactones) is 1.